The van der Waals surface area contributed by atoms with Gasteiger partial charge in [0.05, 0.1) is 5.41 Å². The number of aryl methyl sites for hydroxylation is 2. The van der Waals surface area contributed by atoms with Crippen LogP contribution >= 0.6 is 0 Å². The standard InChI is InChI=1S/C31H46O3/c1-11-22-20-24(16-18-26(22)33-28(32)31(10,14-4)15-5)30(8,9)25-17-19-27(23(12-2)21-25)34-29(6,7)13-3/h16-21H,11-15H2,1-10H3. The van der Waals surface area contributed by atoms with Crippen LogP contribution in [0.15, 0.2) is 36.4 Å². The average Bonchev–Trinajstić information content (AvgIpc) is 2.83. The smallest absolute Gasteiger partial charge is 0.317 e. The predicted octanol–water partition coefficient (Wildman–Crippen LogP) is 8.44. The molecule has 0 saturated carbocycles. The first kappa shape index (κ1) is 28.0. The van der Waals surface area contributed by atoms with Crippen molar-refractivity contribution in [3.05, 3.63) is 58.7 Å². The molecule has 0 aromatic heterocycles. The second-order valence-corrected chi connectivity index (χ2v) is 10.8. The molecule has 0 bridgehead atoms. The summed E-state index contributed by atoms with van der Waals surface area (Å²) in [6, 6.07) is 12.9. The summed E-state index contributed by atoms with van der Waals surface area (Å²) >= 11 is 0. The van der Waals surface area contributed by atoms with Gasteiger partial charge < -0.3 is 9.47 Å². The van der Waals surface area contributed by atoms with E-state index in [1.54, 1.807) is 0 Å². The predicted molar refractivity (Wildman–Crippen MR) is 143 cm³/mol. The van der Waals surface area contributed by atoms with E-state index in [-0.39, 0.29) is 17.0 Å². The molecule has 0 aliphatic rings. The first-order valence-electron chi connectivity index (χ1n) is 13.0. The van der Waals surface area contributed by atoms with E-state index in [0.717, 1.165) is 43.4 Å². The van der Waals surface area contributed by atoms with Gasteiger partial charge in [-0.25, -0.2) is 0 Å². The molecule has 2 aromatic rings. The molecule has 2 aromatic carbocycles. The Morgan fingerprint density at radius 2 is 1.18 bits per heavy atom. The molecule has 0 aliphatic carbocycles. The molecular weight excluding hydrogens is 420 g/mol. The van der Waals surface area contributed by atoms with Gasteiger partial charge in [0.25, 0.3) is 0 Å². The number of esters is 1. The summed E-state index contributed by atoms with van der Waals surface area (Å²) in [6.45, 7) is 21.3. The minimum absolute atomic E-state index is 0.141. The van der Waals surface area contributed by atoms with Crippen LogP contribution in [0.1, 0.15) is 111 Å². The highest BCUT2D eigenvalue weighted by atomic mass is 16.5. The third kappa shape index (κ3) is 6.03. The van der Waals surface area contributed by atoms with Gasteiger partial charge in [0.2, 0.25) is 0 Å². The van der Waals surface area contributed by atoms with Crippen molar-refractivity contribution in [3.8, 4) is 11.5 Å². The molecule has 34 heavy (non-hydrogen) atoms. The first-order valence-corrected chi connectivity index (χ1v) is 13.0. The van der Waals surface area contributed by atoms with Gasteiger partial charge in [-0.2, -0.15) is 0 Å². The van der Waals surface area contributed by atoms with Crippen LogP contribution in [0, 0.1) is 5.41 Å². The van der Waals surface area contributed by atoms with Crippen molar-refractivity contribution in [2.24, 2.45) is 5.41 Å². The Morgan fingerprint density at radius 1 is 0.706 bits per heavy atom. The molecule has 3 heteroatoms. The van der Waals surface area contributed by atoms with Crippen molar-refractivity contribution in [1.82, 2.24) is 0 Å². The highest BCUT2D eigenvalue weighted by Crippen LogP contribution is 2.38. The number of benzene rings is 2. The maximum absolute atomic E-state index is 12.9. The molecule has 0 fully saturated rings. The fourth-order valence-electron chi connectivity index (χ4n) is 3.99. The number of rotatable bonds is 11. The molecule has 0 N–H and O–H groups in total. The molecule has 3 nitrogen and oxygen atoms in total. The zero-order valence-electron chi connectivity index (χ0n) is 23.2. The summed E-state index contributed by atoms with van der Waals surface area (Å²) in [7, 11) is 0. The molecule has 0 unspecified atom stereocenters. The van der Waals surface area contributed by atoms with Crippen LogP contribution in [0.5, 0.6) is 11.5 Å². The SMILES string of the molecule is CCc1cc(C(C)(C)c2ccc(OC(C)(C)CC)c(CC)c2)ccc1OC(=O)C(C)(CC)CC. The van der Waals surface area contributed by atoms with Gasteiger partial charge in [0.1, 0.15) is 17.1 Å². The summed E-state index contributed by atoms with van der Waals surface area (Å²) < 4.78 is 12.2. The molecule has 0 spiro atoms. The summed E-state index contributed by atoms with van der Waals surface area (Å²) in [5, 5.41) is 0. The third-order valence-electron chi connectivity index (χ3n) is 7.82. The number of hydrogen-bond donors (Lipinski definition) is 0. The van der Waals surface area contributed by atoms with Gasteiger partial charge in [-0.3, -0.25) is 4.79 Å². The normalized spacial score (nSPS) is 12.5. The summed E-state index contributed by atoms with van der Waals surface area (Å²) in [4.78, 5) is 12.9. The number of ether oxygens (including phenoxy) is 2. The second-order valence-electron chi connectivity index (χ2n) is 10.8. The maximum atomic E-state index is 12.9. The van der Waals surface area contributed by atoms with Crippen molar-refractivity contribution < 1.29 is 14.3 Å². The van der Waals surface area contributed by atoms with E-state index in [4.69, 9.17) is 9.47 Å². The zero-order chi connectivity index (χ0) is 25.7. The number of carbonyl (C=O) groups is 1. The fourth-order valence-corrected chi connectivity index (χ4v) is 3.99. The average molecular weight is 467 g/mol. The van der Waals surface area contributed by atoms with Crippen molar-refractivity contribution in [3.63, 3.8) is 0 Å². The van der Waals surface area contributed by atoms with E-state index in [1.807, 2.05) is 26.8 Å². The molecule has 0 saturated heterocycles. The van der Waals surface area contributed by atoms with Crippen molar-refractivity contribution in [2.45, 2.75) is 112 Å². The molecule has 0 radical (unpaired) electrons. The first-order chi connectivity index (χ1) is 15.9. The Labute approximate surface area is 208 Å². The van der Waals surface area contributed by atoms with Crippen LogP contribution in [0.3, 0.4) is 0 Å². The third-order valence-corrected chi connectivity index (χ3v) is 7.82. The minimum Gasteiger partial charge on any atom is -0.488 e. The van der Waals surface area contributed by atoms with Crippen molar-refractivity contribution in [1.29, 1.82) is 0 Å². The van der Waals surface area contributed by atoms with Crippen molar-refractivity contribution in [2.75, 3.05) is 0 Å². The van der Waals surface area contributed by atoms with Crippen LogP contribution in [-0.2, 0) is 23.1 Å². The maximum Gasteiger partial charge on any atom is 0.317 e. The number of hydrogen-bond acceptors (Lipinski definition) is 3. The Balaban J connectivity index is 2.40. The van der Waals surface area contributed by atoms with Crippen molar-refractivity contribution >= 4 is 5.97 Å². The fraction of sp³-hybridized carbons (Fsp3) is 0.581. The van der Waals surface area contributed by atoms with E-state index in [9.17, 15) is 4.79 Å². The Hall–Kier alpha value is -2.29. The Morgan fingerprint density at radius 3 is 1.62 bits per heavy atom. The van der Waals surface area contributed by atoms with E-state index < -0.39 is 5.41 Å². The minimum atomic E-state index is -0.449. The number of carbonyl (C=O) groups excluding carboxylic acids is 1. The summed E-state index contributed by atoms with van der Waals surface area (Å²) in [5.74, 6) is 1.51. The lowest BCUT2D eigenvalue weighted by molar-refractivity contribution is -0.145. The Kier molecular flexibility index (Phi) is 9.02. The molecule has 2 rings (SSSR count). The lowest BCUT2D eigenvalue weighted by Gasteiger charge is -2.30. The van der Waals surface area contributed by atoms with E-state index >= 15 is 0 Å². The van der Waals surface area contributed by atoms with E-state index in [0.29, 0.717) is 5.75 Å². The van der Waals surface area contributed by atoms with Gasteiger partial charge in [0, 0.05) is 5.41 Å². The highest BCUT2D eigenvalue weighted by molar-refractivity contribution is 5.79. The molecule has 0 aliphatic heterocycles. The topological polar surface area (TPSA) is 35.5 Å². The van der Waals surface area contributed by atoms with E-state index in [2.05, 4.69) is 78.8 Å². The zero-order valence-corrected chi connectivity index (χ0v) is 23.2. The lowest BCUT2D eigenvalue weighted by Crippen LogP contribution is -2.31. The van der Waals surface area contributed by atoms with E-state index in [1.165, 1.54) is 16.7 Å². The van der Waals surface area contributed by atoms with Gasteiger partial charge in [-0.15, -0.1) is 0 Å². The lowest BCUT2D eigenvalue weighted by atomic mass is 9.77. The molecule has 0 amide bonds. The van der Waals surface area contributed by atoms with Crippen LogP contribution in [0.25, 0.3) is 0 Å². The van der Waals surface area contributed by atoms with Gasteiger partial charge in [-0.1, -0.05) is 72.7 Å². The highest BCUT2D eigenvalue weighted by Gasteiger charge is 2.32. The summed E-state index contributed by atoms with van der Waals surface area (Å²) in [6.07, 6.45) is 4.21. The quantitative estimate of drug-likeness (QED) is 0.246. The van der Waals surface area contributed by atoms with Gasteiger partial charge in [-0.05, 0) is 87.3 Å². The summed E-state index contributed by atoms with van der Waals surface area (Å²) in [5.41, 5.74) is 3.92. The van der Waals surface area contributed by atoms with Crippen LogP contribution in [0.2, 0.25) is 0 Å². The molecule has 0 heterocycles. The molecule has 188 valence electrons. The molecular formula is C31H46O3. The molecule has 0 atom stereocenters. The van der Waals surface area contributed by atoms with Gasteiger partial charge in [0.15, 0.2) is 0 Å². The van der Waals surface area contributed by atoms with Crippen LogP contribution in [-0.4, -0.2) is 11.6 Å². The monoisotopic (exact) mass is 466 g/mol. The largest absolute Gasteiger partial charge is 0.488 e. The second kappa shape index (κ2) is 11.0. The van der Waals surface area contributed by atoms with Crippen LogP contribution in [0.4, 0.5) is 0 Å². The van der Waals surface area contributed by atoms with Gasteiger partial charge >= 0.3 is 5.97 Å². The van der Waals surface area contributed by atoms with Crippen LogP contribution < -0.4 is 9.47 Å². The Bertz CT molecular complexity index is 980.